The van der Waals surface area contributed by atoms with Crippen LogP contribution in [0.2, 0.25) is 0 Å². The number of carbonyl (C=O) groups excluding carboxylic acids is 1. The highest BCUT2D eigenvalue weighted by molar-refractivity contribution is 7.96. The van der Waals surface area contributed by atoms with Crippen LogP contribution in [0.3, 0.4) is 0 Å². The molecule has 0 bridgehead atoms. The van der Waals surface area contributed by atoms with Gasteiger partial charge in [-0.1, -0.05) is 18.2 Å². The second-order valence-corrected chi connectivity index (χ2v) is 3.33. The van der Waals surface area contributed by atoms with Crippen LogP contribution in [0.25, 0.3) is 0 Å². The summed E-state index contributed by atoms with van der Waals surface area (Å²) in [6.07, 6.45) is 0.174. The molecule has 5 heteroatoms. The normalized spacial score (nSPS) is 9.47. The van der Waals surface area contributed by atoms with Gasteiger partial charge in [0.25, 0.3) is 0 Å². The summed E-state index contributed by atoms with van der Waals surface area (Å²) in [5.41, 5.74) is 0.784. The number of hydrogen-bond donors (Lipinski definition) is 3. The van der Waals surface area contributed by atoms with Crippen molar-refractivity contribution in [1.82, 2.24) is 5.32 Å². The molecule has 0 radical (unpaired) electrons. The average molecular weight is 224 g/mol. The molecular weight excluding hydrogens is 212 g/mol. The van der Waals surface area contributed by atoms with Crippen molar-refractivity contribution in [1.29, 1.82) is 5.41 Å². The molecule has 0 aliphatic rings. The topological polar surface area (TPSA) is 62.2 Å². The maximum Gasteiger partial charge on any atom is 0.230 e. The molecule has 0 saturated carbocycles. The summed E-state index contributed by atoms with van der Waals surface area (Å²) in [4.78, 5) is 11.3. The van der Waals surface area contributed by atoms with Gasteiger partial charge in [0.2, 0.25) is 5.91 Å². The van der Waals surface area contributed by atoms with E-state index in [0.717, 1.165) is 5.56 Å². The van der Waals surface area contributed by atoms with Crippen LogP contribution in [-0.4, -0.2) is 18.2 Å². The van der Waals surface area contributed by atoms with Gasteiger partial charge < -0.3 is 10.1 Å². The lowest BCUT2D eigenvalue weighted by atomic mass is 10.1. The zero-order chi connectivity index (χ0) is 11.3. The molecule has 0 aliphatic heterocycles. The molecular formula is C10H12N2O2S. The quantitative estimate of drug-likeness (QED) is 0.410. The summed E-state index contributed by atoms with van der Waals surface area (Å²) in [5.74, 6) is 0.387. The third kappa shape index (κ3) is 3.63. The van der Waals surface area contributed by atoms with Crippen molar-refractivity contribution >= 4 is 23.7 Å². The molecule has 0 unspecified atom stereocenters. The number of amides is 1. The zero-order valence-electron chi connectivity index (χ0n) is 8.28. The Labute approximate surface area is 93.6 Å². The first-order chi connectivity index (χ1) is 7.13. The molecule has 0 heterocycles. The van der Waals surface area contributed by atoms with Gasteiger partial charge in [-0.25, -0.2) is 0 Å². The van der Waals surface area contributed by atoms with Crippen molar-refractivity contribution in [2.24, 2.45) is 0 Å². The van der Waals surface area contributed by atoms with Gasteiger partial charge in [-0.2, -0.15) is 0 Å². The minimum Gasteiger partial charge on any atom is -0.496 e. The lowest BCUT2D eigenvalue weighted by Gasteiger charge is -2.07. The van der Waals surface area contributed by atoms with Crippen molar-refractivity contribution in [2.75, 3.05) is 7.11 Å². The number of carbonyl (C=O) groups is 1. The fraction of sp³-hybridized carbons (Fsp3) is 0.200. The van der Waals surface area contributed by atoms with E-state index in [4.69, 9.17) is 10.1 Å². The summed E-state index contributed by atoms with van der Waals surface area (Å²) >= 11 is 3.67. The molecule has 1 aromatic rings. The molecule has 0 spiro atoms. The molecule has 0 atom stereocenters. The number of nitrogens with one attached hydrogen (secondary N) is 2. The van der Waals surface area contributed by atoms with Gasteiger partial charge in [0, 0.05) is 5.56 Å². The van der Waals surface area contributed by atoms with Gasteiger partial charge in [-0.05, 0) is 6.07 Å². The molecule has 1 rings (SSSR count). The molecule has 15 heavy (non-hydrogen) atoms. The van der Waals surface area contributed by atoms with Crippen LogP contribution < -0.4 is 10.1 Å². The van der Waals surface area contributed by atoms with Crippen LogP contribution >= 0.6 is 12.6 Å². The fourth-order valence-electron chi connectivity index (χ4n) is 1.20. The number of methoxy groups -OCH3 is 1. The van der Waals surface area contributed by atoms with Crippen LogP contribution in [-0.2, 0) is 11.2 Å². The van der Waals surface area contributed by atoms with Crippen molar-refractivity contribution in [3.8, 4) is 5.75 Å². The number of benzene rings is 1. The van der Waals surface area contributed by atoms with E-state index in [1.54, 1.807) is 19.2 Å². The highest BCUT2D eigenvalue weighted by Crippen LogP contribution is 2.17. The van der Waals surface area contributed by atoms with E-state index in [1.165, 1.54) is 0 Å². The van der Waals surface area contributed by atoms with E-state index in [9.17, 15) is 4.79 Å². The lowest BCUT2D eigenvalue weighted by molar-refractivity contribution is -0.119. The molecule has 1 aromatic carbocycles. The molecule has 1 amide bonds. The number of rotatable bonds is 3. The molecule has 0 aromatic heterocycles. The minimum atomic E-state index is -0.278. The molecule has 80 valence electrons. The summed E-state index contributed by atoms with van der Waals surface area (Å²) in [5, 5.41) is 9.13. The van der Waals surface area contributed by atoms with E-state index in [0.29, 0.717) is 5.75 Å². The SMILES string of the molecule is COc1ccccc1CC(=O)NC(=N)S. The highest BCUT2D eigenvalue weighted by Gasteiger charge is 2.07. The first-order valence-electron chi connectivity index (χ1n) is 4.32. The molecule has 0 aliphatic carbocycles. The smallest absolute Gasteiger partial charge is 0.230 e. The van der Waals surface area contributed by atoms with Crippen LogP contribution in [0.15, 0.2) is 24.3 Å². The Kier molecular flexibility index (Phi) is 4.17. The Morgan fingerprint density at radius 1 is 1.53 bits per heavy atom. The summed E-state index contributed by atoms with van der Waals surface area (Å²) in [6, 6.07) is 7.26. The Morgan fingerprint density at radius 3 is 2.80 bits per heavy atom. The Balaban J connectivity index is 2.71. The predicted molar refractivity (Wildman–Crippen MR) is 61.6 cm³/mol. The van der Waals surface area contributed by atoms with E-state index in [1.807, 2.05) is 12.1 Å². The molecule has 0 saturated heterocycles. The van der Waals surface area contributed by atoms with Crippen molar-refractivity contribution in [3.05, 3.63) is 29.8 Å². The minimum absolute atomic E-state index is 0.158. The molecule has 0 fully saturated rings. The van der Waals surface area contributed by atoms with Crippen LogP contribution in [0.1, 0.15) is 5.56 Å². The van der Waals surface area contributed by atoms with Crippen molar-refractivity contribution in [2.45, 2.75) is 6.42 Å². The van der Waals surface area contributed by atoms with E-state index in [2.05, 4.69) is 17.9 Å². The monoisotopic (exact) mass is 224 g/mol. The highest BCUT2D eigenvalue weighted by atomic mass is 32.1. The fourth-order valence-corrected chi connectivity index (χ4v) is 1.32. The number of ether oxygens (including phenoxy) is 1. The first-order valence-corrected chi connectivity index (χ1v) is 4.77. The Hall–Kier alpha value is -1.49. The lowest BCUT2D eigenvalue weighted by Crippen LogP contribution is -2.27. The Bertz CT molecular complexity index is 379. The number of hydrogen-bond acceptors (Lipinski definition) is 3. The first kappa shape index (κ1) is 11.6. The van der Waals surface area contributed by atoms with E-state index in [-0.39, 0.29) is 17.5 Å². The third-order valence-corrected chi connectivity index (χ3v) is 1.91. The van der Waals surface area contributed by atoms with Gasteiger partial charge in [-0.15, -0.1) is 12.6 Å². The maximum absolute atomic E-state index is 11.3. The average Bonchev–Trinajstić information content (AvgIpc) is 2.17. The van der Waals surface area contributed by atoms with Crippen molar-refractivity contribution < 1.29 is 9.53 Å². The standard InChI is InChI=1S/C10H12N2O2S/c1-14-8-5-3-2-4-7(8)6-9(13)12-10(11)15/h2-5H,6H2,1H3,(H3,11,12,13,15). The van der Waals surface area contributed by atoms with Gasteiger partial charge in [-0.3, -0.25) is 10.2 Å². The zero-order valence-corrected chi connectivity index (χ0v) is 9.17. The van der Waals surface area contributed by atoms with Crippen LogP contribution in [0, 0.1) is 5.41 Å². The number of para-hydroxylation sites is 1. The molecule has 4 nitrogen and oxygen atoms in total. The largest absolute Gasteiger partial charge is 0.496 e. The second-order valence-electron chi connectivity index (χ2n) is 2.89. The van der Waals surface area contributed by atoms with E-state index < -0.39 is 0 Å². The summed E-state index contributed by atoms with van der Waals surface area (Å²) in [7, 11) is 1.55. The van der Waals surface area contributed by atoms with Gasteiger partial charge in [0.15, 0.2) is 5.17 Å². The second kappa shape index (κ2) is 5.41. The number of amidine groups is 1. The predicted octanol–water partition coefficient (Wildman–Crippen LogP) is 1.22. The van der Waals surface area contributed by atoms with E-state index >= 15 is 0 Å². The van der Waals surface area contributed by atoms with Crippen LogP contribution in [0.5, 0.6) is 5.75 Å². The maximum atomic E-state index is 11.3. The van der Waals surface area contributed by atoms with Crippen LogP contribution in [0.4, 0.5) is 0 Å². The van der Waals surface area contributed by atoms with Gasteiger partial charge in [0.05, 0.1) is 13.5 Å². The number of thiol groups is 1. The summed E-state index contributed by atoms with van der Waals surface area (Å²) < 4.78 is 5.10. The summed E-state index contributed by atoms with van der Waals surface area (Å²) in [6.45, 7) is 0. The van der Waals surface area contributed by atoms with Gasteiger partial charge in [0.1, 0.15) is 5.75 Å². The third-order valence-electron chi connectivity index (χ3n) is 1.80. The molecule has 2 N–H and O–H groups in total. The van der Waals surface area contributed by atoms with Crippen molar-refractivity contribution in [3.63, 3.8) is 0 Å². The Morgan fingerprint density at radius 2 is 2.20 bits per heavy atom. The van der Waals surface area contributed by atoms with Gasteiger partial charge >= 0.3 is 0 Å².